The fraction of sp³-hybridized carbons (Fsp3) is 0.417. The zero-order valence-electron chi connectivity index (χ0n) is 10.4. The minimum atomic E-state index is -0.574. The second-order valence-corrected chi connectivity index (χ2v) is 5.58. The molecule has 100 valence electrons. The van der Waals surface area contributed by atoms with E-state index < -0.39 is 11.9 Å². The van der Waals surface area contributed by atoms with Gasteiger partial charge in [-0.25, -0.2) is 0 Å². The van der Waals surface area contributed by atoms with Crippen LogP contribution < -0.4 is 11.1 Å². The van der Waals surface area contributed by atoms with Crippen molar-refractivity contribution in [3.8, 4) is 0 Å². The Kier molecular flexibility index (Phi) is 6.08. The van der Waals surface area contributed by atoms with Gasteiger partial charge in [-0.15, -0.1) is 0 Å². The van der Waals surface area contributed by atoms with Crippen molar-refractivity contribution in [2.75, 3.05) is 27.2 Å². The van der Waals surface area contributed by atoms with E-state index in [2.05, 4.69) is 21.2 Å². The summed E-state index contributed by atoms with van der Waals surface area (Å²) in [5.41, 5.74) is 6.11. The topological polar surface area (TPSA) is 58.4 Å². The molecule has 1 aromatic carbocycles. The predicted molar refractivity (Wildman–Crippen MR) is 77.6 cm³/mol. The van der Waals surface area contributed by atoms with Gasteiger partial charge in [0, 0.05) is 22.6 Å². The number of carbonyl (C=O) groups is 1. The molecule has 1 atom stereocenters. The third-order valence-corrected chi connectivity index (χ3v) is 3.30. The smallest absolute Gasteiger partial charge is 0.239 e. The Bertz CT molecular complexity index is 426. The molecule has 0 bridgehead atoms. The maximum Gasteiger partial charge on any atom is 0.239 e. The first-order valence-electron chi connectivity index (χ1n) is 5.54. The van der Waals surface area contributed by atoms with E-state index >= 15 is 0 Å². The van der Waals surface area contributed by atoms with Crippen LogP contribution in [0.25, 0.3) is 0 Å². The van der Waals surface area contributed by atoms with Crippen molar-refractivity contribution in [1.29, 1.82) is 0 Å². The van der Waals surface area contributed by atoms with E-state index in [9.17, 15) is 4.79 Å². The number of carbonyl (C=O) groups excluding carboxylic acids is 1. The highest BCUT2D eigenvalue weighted by molar-refractivity contribution is 9.10. The molecule has 0 spiro atoms. The van der Waals surface area contributed by atoms with Crippen LogP contribution in [0.4, 0.5) is 0 Å². The van der Waals surface area contributed by atoms with Gasteiger partial charge in [-0.1, -0.05) is 27.5 Å². The molecule has 0 fully saturated rings. The largest absolute Gasteiger partial charge is 0.368 e. The first-order valence-corrected chi connectivity index (χ1v) is 6.71. The molecule has 0 radical (unpaired) electrons. The Hall–Kier alpha value is -0.620. The van der Waals surface area contributed by atoms with E-state index in [0.717, 1.165) is 11.0 Å². The molecule has 18 heavy (non-hydrogen) atoms. The molecular formula is C12H17BrClN3O. The fourth-order valence-corrected chi connectivity index (χ4v) is 2.14. The number of likely N-dealkylation sites (N-methyl/N-ethyl adjacent to an activating group) is 1. The van der Waals surface area contributed by atoms with Crippen molar-refractivity contribution in [3.63, 3.8) is 0 Å². The summed E-state index contributed by atoms with van der Waals surface area (Å²) in [6.45, 7) is 1.47. The molecule has 0 aromatic heterocycles. The summed E-state index contributed by atoms with van der Waals surface area (Å²) in [5.74, 6) is -0.436. The van der Waals surface area contributed by atoms with Crippen molar-refractivity contribution < 1.29 is 4.79 Å². The number of amides is 1. The number of nitrogens with zero attached hydrogens (tertiary/aromatic N) is 1. The van der Waals surface area contributed by atoms with Crippen molar-refractivity contribution in [1.82, 2.24) is 10.2 Å². The zero-order valence-corrected chi connectivity index (χ0v) is 12.8. The molecule has 3 N–H and O–H groups in total. The van der Waals surface area contributed by atoms with Crippen molar-refractivity contribution in [2.45, 2.75) is 6.04 Å². The van der Waals surface area contributed by atoms with E-state index in [0.29, 0.717) is 17.1 Å². The first kappa shape index (κ1) is 15.4. The lowest BCUT2D eigenvalue weighted by Gasteiger charge is -2.19. The molecule has 6 heteroatoms. The average Bonchev–Trinajstić information content (AvgIpc) is 2.27. The standard InChI is InChI=1S/C12H17BrClN3O/c1-17(2)6-5-16-11(12(15)18)9-7-8(13)3-4-10(9)14/h3-4,7,11,16H,5-6H2,1-2H3,(H2,15,18). The molecule has 1 aromatic rings. The van der Waals surface area contributed by atoms with Gasteiger partial charge in [0.05, 0.1) is 0 Å². The van der Waals surface area contributed by atoms with Crippen LogP contribution in [0.5, 0.6) is 0 Å². The summed E-state index contributed by atoms with van der Waals surface area (Å²) in [6.07, 6.45) is 0. The summed E-state index contributed by atoms with van der Waals surface area (Å²) < 4.78 is 0.863. The van der Waals surface area contributed by atoms with Gasteiger partial charge in [0.1, 0.15) is 6.04 Å². The van der Waals surface area contributed by atoms with Crippen LogP contribution in [0.3, 0.4) is 0 Å². The second kappa shape index (κ2) is 7.09. The van der Waals surface area contributed by atoms with Crippen LogP contribution in [0, 0.1) is 0 Å². The Morgan fingerprint density at radius 3 is 2.78 bits per heavy atom. The Labute approximate surface area is 121 Å². The first-order chi connectivity index (χ1) is 8.41. The number of benzene rings is 1. The second-order valence-electron chi connectivity index (χ2n) is 4.26. The van der Waals surface area contributed by atoms with E-state index in [1.165, 1.54) is 0 Å². The lowest BCUT2D eigenvalue weighted by atomic mass is 10.1. The molecule has 0 aliphatic heterocycles. The van der Waals surface area contributed by atoms with Crippen LogP contribution in [0.15, 0.2) is 22.7 Å². The maximum absolute atomic E-state index is 11.5. The van der Waals surface area contributed by atoms with E-state index in [4.69, 9.17) is 17.3 Å². The van der Waals surface area contributed by atoms with Crippen molar-refractivity contribution in [3.05, 3.63) is 33.3 Å². The highest BCUT2D eigenvalue weighted by Crippen LogP contribution is 2.26. The Morgan fingerprint density at radius 1 is 1.56 bits per heavy atom. The number of rotatable bonds is 6. The summed E-state index contributed by atoms with van der Waals surface area (Å²) in [5, 5.41) is 3.64. The summed E-state index contributed by atoms with van der Waals surface area (Å²) >= 11 is 9.46. The Balaban J connectivity index is 2.84. The molecule has 1 amide bonds. The lowest BCUT2D eigenvalue weighted by molar-refractivity contribution is -0.120. The lowest BCUT2D eigenvalue weighted by Crippen LogP contribution is -2.37. The van der Waals surface area contributed by atoms with Crippen LogP contribution in [0.2, 0.25) is 5.02 Å². The third kappa shape index (κ3) is 4.57. The van der Waals surface area contributed by atoms with E-state index in [1.807, 2.05) is 25.1 Å². The fourth-order valence-electron chi connectivity index (χ4n) is 1.53. The minimum absolute atomic E-state index is 0.436. The SMILES string of the molecule is CN(C)CCNC(C(N)=O)c1cc(Br)ccc1Cl. The molecule has 0 saturated heterocycles. The van der Waals surface area contributed by atoms with Crippen LogP contribution >= 0.6 is 27.5 Å². The molecule has 0 heterocycles. The monoisotopic (exact) mass is 333 g/mol. The molecule has 1 rings (SSSR count). The quantitative estimate of drug-likeness (QED) is 0.834. The molecular weight excluding hydrogens is 318 g/mol. The van der Waals surface area contributed by atoms with Gasteiger partial charge in [-0.3, -0.25) is 4.79 Å². The Morgan fingerprint density at radius 2 is 2.22 bits per heavy atom. The number of primary amides is 1. The zero-order chi connectivity index (χ0) is 13.7. The van der Waals surface area contributed by atoms with Crippen LogP contribution in [-0.4, -0.2) is 38.0 Å². The summed E-state index contributed by atoms with van der Waals surface area (Å²) in [4.78, 5) is 13.5. The summed E-state index contributed by atoms with van der Waals surface area (Å²) in [7, 11) is 3.93. The van der Waals surface area contributed by atoms with Gasteiger partial charge in [-0.2, -0.15) is 0 Å². The third-order valence-electron chi connectivity index (χ3n) is 2.46. The van der Waals surface area contributed by atoms with Gasteiger partial charge >= 0.3 is 0 Å². The van der Waals surface area contributed by atoms with Gasteiger partial charge in [-0.05, 0) is 37.9 Å². The average molecular weight is 335 g/mol. The number of hydrogen-bond donors (Lipinski definition) is 2. The molecule has 4 nitrogen and oxygen atoms in total. The van der Waals surface area contributed by atoms with Gasteiger partial charge < -0.3 is 16.0 Å². The molecule has 0 aliphatic rings. The van der Waals surface area contributed by atoms with E-state index in [1.54, 1.807) is 12.1 Å². The number of halogens is 2. The van der Waals surface area contributed by atoms with Crippen LogP contribution in [-0.2, 0) is 4.79 Å². The van der Waals surface area contributed by atoms with Gasteiger partial charge in [0.15, 0.2) is 0 Å². The minimum Gasteiger partial charge on any atom is -0.368 e. The normalized spacial score (nSPS) is 12.7. The number of nitrogens with two attached hydrogens (primary N) is 1. The van der Waals surface area contributed by atoms with Gasteiger partial charge in [0.25, 0.3) is 0 Å². The highest BCUT2D eigenvalue weighted by Gasteiger charge is 2.20. The van der Waals surface area contributed by atoms with Crippen molar-refractivity contribution >= 4 is 33.4 Å². The highest BCUT2D eigenvalue weighted by atomic mass is 79.9. The predicted octanol–water partition coefficient (Wildman–Crippen LogP) is 1.78. The molecule has 0 aliphatic carbocycles. The van der Waals surface area contributed by atoms with E-state index in [-0.39, 0.29) is 0 Å². The number of nitrogens with one attached hydrogen (secondary N) is 1. The summed E-state index contributed by atoms with van der Waals surface area (Å²) in [6, 6.07) is 4.80. The van der Waals surface area contributed by atoms with Gasteiger partial charge in [0.2, 0.25) is 5.91 Å². The maximum atomic E-state index is 11.5. The van der Waals surface area contributed by atoms with Crippen molar-refractivity contribution in [2.24, 2.45) is 5.73 Å². The number of hydrogen-bond acceptors (Lipinski definition) is 3. The molecule has 0 saturated carbocycles. The van der Waals surface area contributed by atoms with Crippen LogP contribution in [0.1, 0.15) is 11.6 Å². The molecule has 1 unspecified atom stereocenters.